The van der Waals surface area contributed by atoms with Crippen molar-refractivity contribution in [3.05, 3.63) is 30.3 Å². The Morgan fingerprint density at radius 1 is 1.25 bits per heavy atom. The second kappa shape index (κ2) is 6.05. The standard InChI is InChI=1S/C15H16O4S/c1-9(2)18-15(17)19-12-8-13(20-3)14(16)11-7-5-4-6-10(11)12/h4-9,16H,1-3H3. The molecule has 0 aliphatic heterocycles. The molecule has 0 heterocycles. The number of carbonyl (C=O) groups excluding carboxylic acids is 1. The van der Waals surface area contributed by atoms with E-state index < -0.39 is 6.16 Å². The van der Waals surface area contributed by atoms with Crippen LogP contribution in [-0.2, 0) is 4.74 Å². The number of fused-ring (bicyclic) bond motifs is 1. The van der Waals surface area contributed by atoms with Gasteiger partial charge in [-0.3, -0.25) is 0 Å². The number of rotatable bonds is 3. The summed E-state index contributed by atoms with van der Waals surface area (Å²) in [6, 6.07) is 8.86. The van der Waals surface area contributed by atoms with Crippen molar-refractivity contribution < 1.29 is 19.4 Å². The number of hydrogen-bond donors (Lipinski definition) is 1. The molecule has 0 unspecified atom stereocenters. The quantitative estimate of drug-likeness (QED) is 0.522. The van der Waals surface area contributed by atoms with Gasteiger partial charge in [0.2, 0.25) is 0 Å². The highest BCUT2D eigenvalue weighted by Crippen LogP contribution is 2.40. The predicted octanol–water partition coefficient (Wildman–Crippen LogP) is 4.19. The number of ether oxygens (including phenoxy) is 2. The van der Waals surface area contributed by atoms with E-state index >= 15 is 0 Å². The summed E-state index contributed by atoms with van der Waals surface area (Å²) < 4.78 is 10.2. The minimum Gasteiger partial charge on any atom is -0.506 e. The van der Waals surface area contributed by atoms with Crippen LogP contribution >= 0.6 is 11.8 Å². The molecule has 106 valence electrons. The molecule has 0 aromatic heterocycles. The zero-order valence-corrected chi connectivity index (χ0v) is 12.4. The van der Waals surface area contributed by atoms with Crippen LogP contribution in [0.1, 0.15) is 13.8 Å². The lowest BCUT2D eigenvalue weighted by molar-refractivity contribution is 0.0732. The van der Waals surface area contributed by atoms with E-state index in [0.29, 0.717) is 21.4 Å². The number of hydrogen-bond acceptors (Lipinski definition) is 5. The molecular weight excluding hydrogens is 276 g/mol. The lowest BCUT2D eigenvalue weighted by atomic mass is 10.1. The fraction of sp³-hybridized carbons (Fsp3) is 0.267. The van der Waals surface area contributed by atoms with E-state index in [1.807, 2.05) is 18.4 Å². The molecule has 2 aromatic carbocycles. The van der Waals surface area contributed by atoms with Gasteiger partial charge in [0.05, 0.1) is 11.0 Å². The summed E-state index contributed by atoms with van der Waals surface area (Å²) in [5.41, 5.74) is 0. The molecular formula is C15H16O4S. The summed E-state index contributed by atoms with van der Waals surface area (Å²) in [4.78, 5) is 12.3. The monoisotopic (exact) mass is 292 g/mol. The third kappa shape index (κ3) is 2.99. The Morgan fingerprint density at radius 3 is 2.50 bits per heavy atom. The fourth-order valence-corrected chi connectivity index (χ4v) is 2.38. The second-order valence-electron chi connectivity index (χ2n) is 4.49. The summed E-state index contributed by atoms with van der Waals surface area (Å²) in [7, 11) is 0. The molecule has 2 rings (SSSR count). The molecule has 20 heavy (non-hydrogen) atoms. The molecule has 5 heteroatoms. The van der Waals surface area contributed by atoms with E-state index in [0.717, 1.165) is 0 Å². The Bertz CT molecular complexity index is 637. The molecule has 2 aromatic rings. The number of phenolic OH excluding ortho intramolecular Hbond substituents is 1. The van der Waals surface area contributed by atoms with Gasteiger partial charge in [0.25, 0.3) is 0 Å². The average Bonchev–Trinajstić information content (AvgIpc) is 2.41. The second-order valence-corrected chi connectivity index (χ2v) is 5.34. The zero-order chi connectivity index (χ0) is 14.7. The van der Waals surface area contributed by atoms with Crippen LogP contribution in [0.15, 0.2) is 35.2 Å². The van der Waals surface area contributed by atoms with Crippen LogP contribution in [0.2, 0.25) is 0 Å². The highest BCUT2D eigenvalue weighted by atomic mass is 32.2. The van der Waals surface area contributed by atoms with Crippen LogP contribution in [0.4, 0.5) is 4.79 Å². The summed E-state index contributed by atoms with van der Waals surface area (Å²) >= 11 is 1.38. The molecule has 0 bridgehead atoms. The minimum absolute atomic E-state index is 0.192. The highest BCUT2D eigenvalue weighted by molar-refractivity contribution is 7.98. The molecule has 0 aliphatic rings. The zero-order valence-electron chi connectivity index (χ0n) is 11.5. The van der Waals surface area contributed by atoms with E-state index in [2.05, 4.69) is 0 Å². The van der Waals surface area contributed by atoms with Crippen LogP contribution in [-0.4, -0.2) is 23.6 Å². The molecule has 0 spiro atoms. The molecule has 0 radical (unpaired) electrons. The molecule has 1 N–H and O–H groups in total. The molecule has 0 fully saturated rings. The molecule has 0 saturated carbocycles. The summed E-state index contributed by atoms with van der Waals surface area (Å²) in [5, 5.41) is 11.5. The first-order valence-corrected chi connectivity index (χ1v) is 7.42. The van der Waals surface area contributed by atoms with E-state index in [1.54, 1.807) is 32.0 Å². The Balaban J connectivity index is 2.47. The largest absolute Gasteiger partial charge is 0.514 e. The van der Waals surface area contributed by atoms with Gasteiger partial charge < -0.3 is 14.6 Å². The van der Waals surface area contributed by atoms with Crippen LogP contribution in [0, 0.1) is 0 Å². The van der Waals surface area contributed by atoms with Gasteiger partial charge in [-0.25, -0.2) is 4.79 Å². The molecule has 4 nitrogen and oxygen atoms in total. The van der Waals surface area contributed by atoms with Gasteiger partial charge in [-0.1, -0.05) is 24.3 Å². The maximum Gasteiger partial charge on any atom is 0.514 e. The minimum atomic E-state index is -0.747. The summed E-state index contributed by atoms with van der Waals surface area (Å²) in [5.74, 6) is 0.575. The first-order valence-electron chi connectivity index (χ1n) is 6.20. The van der Waals surface area contributed by atoms with Gasteiger partial charge in [-0.05, 0) is 26.2 Å². The smallest absolute Gasteiger partial charge is 0.506 e. The van der Waals surface area contributed by atoms with Crippen molar-refractivity contribution >= 4 is 28.7 Å². The SMILES string of the molecule is CSc1cc(OC(=O)OC(C)C)c2ccccc2c1O. The Labute approximate surface area is 121 Å². The van der Waals surface area contributed by atoms with Gasteiger partial charge in [0.15, 0.2) is 0 Å². The van der Waals surface area contributed by atoms with Crippen molar-refractivity contribution in [1.82, 2.24) is 0 Å². The fourth-order valence-electron chi connectivity index (χ4n) is 1.85. The van der Waals surface area contributed by atoms with Crippen molar-refractivity contribution in [2.45, 2.75) is 24.8 Å². The third-order valence-electron chi connectivity index (χ3n) is 2.69. The van der Waals surface area contributed by atoms with Gasteiger partial charge in [-0.15, -0.1) is 11.8 Å². The highest BCUT2D eigenvalue weighted by Gasteiger charge is 2.15. The van der Waals surface area contributed by atoms with Gasteiger partial charge in [0, 0.05) is 10.8 Å². The average molecular weight is 292 g/mol. The van der Waals surface area contributed by atoms with Crippen LogP contribution < -0.4 is 4.74 Å². The van der Waals surface area contributed by atoms with E-state index in [-0.39, 0.29) is 11.9 Å². The normalized spacial score (nSPS) is 10.8. The molecule has 0 atom stereocenters. The van der Waals surface area contributed by atoms with Gasteiger partial charge in [-0.2, -0.15) is 0 Å². The number of carbonyl (C=O) groups is 1. The maximum atomic E-state index is 11.6. The van der Waals surface area contributed by atoms with E-state index in [9.17, 15) is 9.90 Å². The van der Waals surface area contributed by atoms with Crippen LogP contribution in [0.3, 0.4) is 0 Å². The molecule has 0 amide bonds. The summed E-state index contributed by atoms with van der Waals surface area (Å²) in [6.45, 7) is 3.51. The molecule has 0 saturated heterocycles. The van der Waals surface area contributed by atoms with Crippen molar-refractivity contribution in [3.8, 4) is 11.5 Å². The van der Waals surface area contributed by atoms with Crippen molar-refractivity contribution in [2.24, 2.45) is 0 Å². The maximum absolute atomic E-state index is 11.6. The van der Waals surface area contributed by atoms with Crippen LogP contribution in [0.5, 0.6) is 11.5 Å². The van der Waals surface area contributed by atoms with Crippen molar-refractivity contribution in [1.29, 1.82) is 0 Å². The first kappa shape index (κ1) is 14.5. The van der Waals surface area contributed by atoms with Gasteiger partial charge in [0.1, 0.15) is 11.5 Å². The first-order chi connectivity index (χ1) is 9.52. The summed E-state index contributed by atoms with van der Waals surface area (Å²) in [6.07, 6.45) is 0.855. The van der Waals surface area contributed by atoms with Crippen LogP contribution in [0.25, 0.3) is 10.8 Å². The van der Waals surface area contributed by atoms with E-state index in [1.165, 1.54) is 11.8 Å². The Morgan fingerprint density at radius 2 is 1.90 bits per heavy atom. The van der Waals surface area contributed by atoms with Crippen molar-refractivity contribution in [3.63, 3.8) is 0 Å². The molecule has 0 aliphatic carbocycles. The lowest BCUT2D eigenvalue weighted by Gasteiger charge is -2.13. The Kier molecular flexibility index (Phi) is 4.39. The third-order valence-corrected chi connectivity index (χ3v) is 3.44. The Hall–Kier alpha value is -1.88. The number of aromatic hydroxyl groups is 1. The predicted molar refractivity (Wildman–Crippen MR) is 79.6 cm³/mol. The number of benzene rings is 2. The topological polar surface area (TPSA) is 55.8 Å². The lowest BCUT2D eigenvalue weighted by Crippen LogP contribution is -2.15. The number of thioether (sulfide) groups is 1. The van der Waals surface area contributed by atoms with Crippen molar-refractivity contribution in [2.75, 3.05) is 6.26 Å². The van der Waals surface area contributed by atoms with Gasteiger partial charge >= 0.3 is 6.16 Å². The van der Waals surface area contributed by atoms with E-state index in [4.69, 9.17) is 9.47 Å². The number of phenols is 1.